The van der Waals surface area contributed by atoms with E-state index < -0.39 is 23.8 Å². The number of nitrogens with zero attached hydrogens (tertiary/aromatic N) is 1. The lowest BCUT2D eigenvalue weighted by Gasteiger charge is -2.24. The highest BCUT2D eigenvalue weighted by atomic mass is 19.2. The van der Waals surface area contributed by atoms with Crippen molar-refractivity contribution < 1.29 is 18.3 Å². The Labute approximate surface area is 121 Å². The molecule has 0 fully saturated rings. The van der Waals surface area contributed by atoms with Crippen molar-refractivity contribution in [2.45, 2.75) is 13.0 Å². The zero-order valence-electron chi connectivity index (χ0n) is 11.7. The number of rotatable bonds is 3. The molecule has 0 aliphatic carbocycles. The molecule has 1 unspecified atom stereocenters. The van der Waals surface area contributed by atoms with Crippen LogP contribution < -0.4 is 4.74 Å². The van der Waals surface area contributed by atoms with Crippen molar-refractivity contribution in [2.75, 3.05) is 7.05 Å². The molecule has 0 N–H and O–H groups in total. The highest BCUT2D eigenvalue weighted by Gasteiger charge is 2.20. The summed E-state index contributed by atoms with van der Waals surface area (Å²) in [6.45, 7) is 1.71. The van der Waals surface area contributed by atoms with Gasteiger partial charge in [0.25, 0.3) is 0 Å². The van der Waals surface area contributed by atoms with Gasteiger partial charge < -0.3 is 9.64 Å². The molecule has 0 aliphatic heterocycles. The molecule has 0 aliphatic rings. The lowest BCUT2D eigenvalue weighted by molar-refractivity contribution is 0.149. The van der Waals surface area contributed by atoms with E-state index >= 15 is 0 Å². The monoisotopic (exact) mass is 291 g/mol. The number of ether oxygens (including phenoxy) is 1. The minimum Gasteiger partial charge on any atom is -0.410 e. The van der Waals surface area contributed by atoms with Crippen molar-refractivity contribution in [2.24, 2.45) is 0 Å². The molecule has 0 bridgehead atoms. The summed E-state index contributed by atoms with van der Waals surface area (Å²) in [5.74, 6) is -1.43. The van der Waals surface area contributed by atoms with E-state index in [0.29, 0.717) is 11.3 Å². The van der Waals surface area contributed by atoms with Gasteiger partial charge in [-0.25, -0.2) is 13.6 Å². The minimum atomic E-state index is -0.941. The third-order valence-electron chi connectivity index (χ3n) is 3.24. The molecule has 2 aromatic carbocycles. The van der Waals surface area contributed by atoms with E-state index in [4.69, 9.17) is 4.74 Å². The number of hydrogen-bond acceptors (Lipinski definition) is 2. The van der Waals surface area contributed by atoms with Crippen LogP contribution in [0.5, 0.6) is 5.75 Å². The van der Waals surface area contributed by atoms with Crippen LogP contribution in [0.4, 0.5) is 13.6 Å². The predicted molar refractivity (Wildman–Crippen MR) is 75.0 cm³/mol. The van der Waals surface area contributed by atoms with Crippen molar-refractivity contribution in [3.63, 3.8) is 0 Å². The Hall–Kier alpha value is -2.43. The third kappa shape index (κ3) is 3.56. The Morgan fingerprint density at radius 3 is 2.38 bits per heavy atom. The predicted octanol–water partition coefficient (Wildman–Crippen LogP) is 4.16. The molecular formula is C16H15F2NO2. The second-order valence-corrected chi connectivity index (χ2v) is 4.64. The Bertz CT molecular complexity index is 631. The first kappa shape index (κ1) is 15.0. The normalized spacial score (nSPS) is 11.8. The molecule has 0 radical (unpaired) electrons. The van der Waals surface area contributed by atoms with Gasteiger partial charge in [-0.15, -0.1) is 0 Å². The van der Waals surface area contributed by atoms with Crippen LogP contribution in [-0.2, 0) is 0 Å². The van der Waals surface area contributed by atoms with Gasteiger partial charge >= 0.3 is 6.09 Å². The summed E-state index contributed by atoms with van der Waals surface area (Å²) in [6, 6.07) is 11.7. The van der Waals surface area contributed by atoms with Crippen LogP contribution in [0.25, 0.3) is 0 Å². The van der Waals surface area contributed by atoms with E-state index in [2.05, 4.69) is 0 Å². The van der Waals surface area contributed by atoms with Gasteiger partial charge in [0.1, 0.15) is 5.75 Å². The molecular weight excluding hydrogens is 276 g/mol. The molecule has 0 heterocycles. The maximum absolute atomic E-state index is 13.2. The molecule has 2 aromatic rings. The SMILES string of the molecule is CC(c1ccc(F)c(F)c1)N(C)C(=O)Oc1ccccc1. The lowest BCUT2D eigenvalue weighted by Crippen LogP contribution is -2.32. The number of para-hydroxylation sites is 1. The Morgan fingerprint density at radius 1 is 1.10 bits per heavy atom. The highest BCUT2D eigenvalue weighted by Crippen LogP contribution is 2.22. The summed E-state index contributed by atoms with van der Waals surface area (Å²) in [4.78, 5) is 13.3. The molecule has 0 aromatic heterocycles. The van der Waals surface area contributed by atoms with Gasteiger partial charge in [-0.05, 0) is 36.8 Å². The summed E-state index contributed by atoms with van der Waals surface area (Å²) in [6.07, 6.45) is -0.571. The number of carbonyl (C=O) groups excluding carboxylic acids is 1. The zero-order chi connectivity index (χ0) is 15.4. The smallest absolute Gasteiger partial charge is 0.410 e. The molecule has 21 heavy (non-hydrogen) atoms. The summed E-state index contributed by atoms with van der Waals surface area (Å²) >= 11 is 0. The van der Waals surface area contributed by atoms with E-state index in [0.717, 1.165) is 12.1 Å². The molecule has 1 amide bonds. The molecule has 5 heteroatoms. The van der Waals surface area contributed by atoms with E-state index in [-0.39, 0.29) is 0 Å². The summed E-state index contributed by atoms with van der Waals surface area (Å²) in [5.41, 5.74) is 0.487. The number of carbonyl (C=O) groups is 1. The van der Waals surface area contributed by atoms with Crippen molar-refractivity contribution in [3.8, 4) is 5.75 Å². The lowest BCUT2D eigenvalue weighted by atomic mass is 10.1. The number of halogens is 2. The van der Waals surface area contributed by atoms with E-state index in [9.17, 15) is 13.6 Å². The molecule has 110 valence electrons. The van der Waals surface area contributed by atoms with Gasteiger partial charge in [0.05, 0.1) is 6.04 Å². The first-order valence-corrected chi connectivity index (χ1v) is 6.43. The molecule has 0 saturated carbocycles. The van der Waals surface area contributed by atoms with E-state index in [1.165, 1.54) is 18.0 Å². The van der Waals surface area contributed by atoms with Gasteiger partial charge in [0.2, 0.25) is 0 Å². The molecule has 0 saturated heterocycles. The van der Waals surface area contributed by atoms with Crippen LogP contribution in [0.1, 0.15) is 18.5 Å². The van der Waals surface area contributed by atoms with Crippen molar-refractivity contribution in [1.82, 2.24) is 4.90 Å². The number of hydrogen-bond donors (Lipinski definition) is 0. The van der Waals surface area contributed by atoms with Crippen LogP contribution in [0.3, 0.4) is 0 Å². The van der Waals surface area contributed by atoms with Gasteiger partial charge in [-0.1, -0.05) is 24.3 Å². The highest BCUT2D eigenvalue weighted by molar-refractivity contribution is 5.70. The van der Waals surface area contributed by atoms with E-state index in [1.807, 2.05) is 6.07 Å². The second-order valence-electron chi connectivity index (χ2n) is 4.64. The van der Waals surface area contributed by atoms with Crippen molar-refractivity contribution in [3.05, 3.63) is 65.7 Å². The third-order valence-corrected chi connectivity index (χ3v) is 3.24. The quantitative estimate of drug-likeness (QED) is 0.850. The van der Waals surface area contributed by atoms with Crippen LogP contribution in [0.2, 0.25) is 0 Å². The largest absolute Gasteiger partial charge is 0.415 e. The first-order valence-electron chi connectivity index (χ1n) is 6.43. The molecule has 3 nitrogen and oxygen atoms in total. The van der Waals surface area contributed by atoms with Gasteiger partial charge in [0, 0.05) is 7.05 Å². The average Bonchev–Trinajstić information content (AvgIpc) is 2.49. The molecule has 0 spiro atoms. The standard InChI is InChI=1S/C16H15F2NO2/c1-11(12-8-9-14(17)15(18)10-12)19(2)16(20)21-13-6-4-3-5-7-13/h3-11H,1-2H3. The number of benzene rings is 2. The minimum absolute atomic E-state index is 0.423. The molecule has 1 atom stereocenters. The maximum Gasteiger partial charge on any atom is 0.415 e. The fraction of sp³-hybridized carbons (Fsp3) is 0.188. The first-order chi connectivity index (χ1) is 9.99. The van der Waals surface area contributed by atoms with Crippen molar-refractivity contribution >= 4 is 6.09 Å². The van der Waals surface area contributed by atoms with Crippen LogP contribution in [0.15, 0.2) is 48.5 Å². The Balaban J connectivity index is 2.09. The van der Waals surface area contributed by atoms with Crippen molar-refractivity contribution in [1.29, 1.82) is 0 Å². The summed E-state index contributed by atoms with van der Waals surface area (Å²) in [7, 11) is 1.54. The topological polar surface area (TPSA) is 29.5 Å². The summed E-state index contributed by atoms with van der Waals surface area (Å²) in [5, 5.41) is 0. The zero-order valence-corrected chi connectivity index (χ0v) is 11.7. The fourth-order valence-corrected chi connectivity index (χ4v) is 1.82. The Kier molecular flexibility index (Phi) is 4.52. The molecule has 2 rings (SSSR count). The van der Waals surface area contributed by atoms with Crippen LogP contribution >= 0.6 is 0 Å². The van der Waals surface area contributed by atoms with E-state index in [1.54, 1.807) is 31.2 Å². The summed E-state index contributed by atoms with van der Waals surface area (Å²) < 4.78 is 31.4. The maximum atomic E-state index is 13.2. The van der Waals surface area contributed by atoms with Crippen LogP contribution in [0, 0.1) is 11.6 Å². The van der Waals surface area contributed by atoms with Gasteiger partial charge in [-0.3, -0.25) is 0 Å². The van der Waals surface area contributed by atoms with Crippen LogP contribution in [-0.4, -0.2) is 18.0 Å². The Morgan fingerprint density at radius 2 is 1.76 bits per heavy atom. The second kappa shape index (κ2) is 6.35. The average molecular weight is 291 g/mol. The fourth-order valence-electron chi connectivity index (χ4n) is 1.82. The van der Waals surface area contributed by atoms with Gasteiger partial charge in [0.15, 0.2) is 11.6 Å². The number of amides is 1. The van der Waals surface area contributed by atoms with Gasteiger partial charge in [-0.2, -0.15) is 0 Å².